The Morgan fingerprint density at radius 1 is 1.43 bits per heavy atom. The molecule has 3 heteroatoms. The molecule has 1 heterocycles. The van der Waals surface area contributed by atoms with Gasteiger partial charge in [0.05, 0.1) is 0 Å². The van der Waals surface area contributed by atoms with Gasteiger partial charge in [0.15, 0.2) is 0 Å². The van der Waals surface area contributed by atoms with Crippen LogP contribution >= 0.6 is 0 Å². The monoisotopic (exact) mass is 194 g/mol. The summed E-state index contributed by atoms with van der Waals surface area (Å²) in [5.74, 6) is 0.426. The molecule has 1 fully saturated rings. The Morgan fingerprint density at radius 3 is 2.64 bits per heavy atom. The number of nitrogens with one attached hydrogen (secondary N) is 1. The summed E-state index contributed by atoms with van der Waals surface area (Å²) in [6, 6.07) is 0.450. The van der Waals surface area contributed by atoms with Crippen molar-refractivity contribution in [2.75, 3.05) is 0 Å². The first-order valence-corrected chi connectivity index (χ1v) is 5.50. The molecule has 0 atom stereocenters. The van der Waals surface area contributed by atoms with Crippen LogP contribution in [0.4, 0.5) is 0 Å². The van der Waals surface area contributed by atoms with Crippen molar-refractivity contribution in [2.45, 2.75) is 51.5 Å². The Hall–Kier alpha value is -0.990. The molecule has 1 aliphatic carbocycles. The predicted molar refractivity (Wildman–Crippen MR) is 56.6 cm³/mol. The zero-order valence-corrected chi connectivity index (χ0v) is 8.92. The Kier molecular flexibility index (Phi) is 2.48. The van der Waals surface area contributed by atoms with Gasteiger partial charge in [0.25, 0.3) is 0 Å². The lowest BCUT2D eigenvalue weighted by Crippen LogP contribution is -2.23. The first kappa shape index (κ1) is 9.56. The van der Waals surface area contributed by atoms with Crippen LogP contribution in [0, 0.1) is 0 Å². The van der Waals surface area contributed by atoms with Crippen molar-refractivity contribution in [1.29, 1.82) is 0 Å². The molecule has 0 unspecified atom stereocenters. The zero-order valence-electron chi connectivity index (χ0n) is 8.92. The van der Waals surface area contributed by atoms with E-state index in [1.165, 1.54) is 12.8 Å². The summed E-state index contributed by atoms with van der Waals surface area (Å²) in [7, 11) is 0. The van der Waals surface area contributed by atoms with E-state index in [-0.39, 0.29) is 5.69 Å². The van der Waals surface area contributed by atoms with Crippen LogP contribution in [0.25, 0.3) is 0 Å². The van der Waals surface area contributed by atoms with Crippen LogP contribution in [-0.2, 0) is 0 Å². The fourth-order valence-electron chi connectivity index (χ4n) is 2.38. The van der Waals surface area contributed by atoms with Crippen molar-refractivity contribution in [2.24, 2.45) is 0 Å². The largest absolute Gasteiger partial charge is 0.325 e. The van der Waals surface area contributed by atoms with E-state index in [9.17, 15) is 4.79 Å². The molecule has 1 aliphatic rings. The van der Waals surface area contributed by atoms with Gasteiger partial charge in [0.2, 0.25) is 0 Å². The maximum absolute atomic E-state index is 11.6. The minimum absolute atomic E-state index is 0.0700. The third-order valence-electron chi connectivity index (χ3n) is 3.12. The van der Waals surface area contributed by atoms with Crippen LogP contribution in [0.3, 0.4) is 0 Å². The fourth-order valence-corrected chi connectivity index (χ4v) is 2.38. The number of hydrogen-bond donors (Lipinski definition) is 1. The lowest BCUT2D eigenvalue weighted by Gasteiger charge is -2.15. The zero-order chi connectivity index (χ0) is 10.1. The van der Waals surface area contributed by atoms with Crippen LogP contribution in [0.15, 0.2) is 11.0 Å². The highest BCUT2D eigenvalue weighted by molar-refractivity contribution is 5.06. The van der Waals surface area contributed by atoms with Gasteiger partial charge in [-0.3, -0.25) is 4.57 Å². The molecule has 0 aliphatic heterocycles. The van der Waals surface area contributed by atoms with Crippen molar-refractivity contribution >= 4 is 0 Å². The average molecular weight is 194 g/mol. The van der Waals surface area contributed by atoms with E-state index in [0.717, 1.165) is 18.5 Å². The summed E-state index contributed by atoms with van der Waals surface area (Å²) >= 11 is 0. The summed E-state index contributed by atoms with van der Waals surface area (Å²) in [4.78, 5) is 14.4. The molecule has 0 saturated heterocycles. The normalized spacial score (nSPS) is 18.2. The SMILES string of the molecule is CC(C)c1c[nH]c(=O)n1C1CCCC1. The molecule has 78 valence electrons. The second kappa shape index (κ2) is 3.64. The van der Waals surface area contributed by atoms with E-state index < -0.39 is 0 Å². The first-order chi connectivity index (χ1) is 6.70. The van der Waals surface area contributed by atoms with Crippen molar-refractivity contribution < 1.29 is 0 Å². The van der Waals surface area contributed by atoms with Crippen LogP contribution < -0.4 is 5.69 Å². The van der Waals surface area contributed by atoms with Gasteiger partial charge >= 0.3 is 5.69 Å². The highest BCUT2D eigenvalue weighted by Gasteiger charge is 2.22. The van der Waals surface area contributed by atoms with Gasteiger partial charge in [-0.1, -0.05) is 26.7 Å². The molecule has 1 N–H and O–H groups in total. The highest BCUT2D eigenvalue weighted by Crippen LogP contribution is 2.30. The average Bonchev–Trinajstić information content (AvgIpc) is 2.71. The van der Waals surface area contributed by atoms with Crippen LogP contribution in [0.5, 0.6) is 0 Å². The second-order valence-electron chi connectivity index (χ2n) is 4.48. The van der Waals surface area contributed by atoms with Gasteiger partial charge in [0.1, 0.15) is 0 Å². The van der Waals surface area contributed by atoms with Crippen molar-refractivity contribution in [1.82, 2.24) is 9.55 Å². The number of aromatic nitrogens is 2. The fraction of sp³-hybridized carbons (Fsp3) is 0.727. The highest BCUT2D eigenvalue weighted by atomic mass is 16.1. The number of rotatable bonds is 2. The van der Waals surface area contributed by atoms with Gasteiger partial charge in [-0.25, -0.2) is 4.79 Å². The first-order valence-electron chi connectivity index (χ1n) is 5.50. The molecule has 0 spiro atoms. The Bertz CT molecular complexity index is 356. The van der Waals surface area contributed by atoms with E-state index >= 15 is 0 Å². The lowest BCUT2D eigenvalue weighted by molar-refractivity contribution is 0.478. The maximum Gasteiger partial charge on any atom is 0.325 e. The standard InChI is InChI=1S/C11H18N2O/c1-8(2)10-7-12-11(14)13(10)9-5-3-4-6-9/h7-9H,3-6H2,1-2H3,(H,12,14). The smallest absolute Gasteiger partial charge is 0.312 e. The van der Waals surface area contributed by atoms with Crippen molar-refractivity contribution in [3.8, 4) is 0 Å². The summed E-state index contributed by atoms with van der Waals surface area (Å²) < 4.78 is 1.97. The number of imidazole rings is 1. The minimum Gasteiger partial charge on any atom is -0.312 e. The van der Waals surface area contributed by atoms with Gasteiger partial charge < -0.3 is 4.98 Å². The third-order valence-corrected chi connectivity index (χ3v) is 3.12. The van der Waals surface area contributed by atoms with Gasteiger partial charge in [-0.05, 0) is 18.8 Å². The summed E-state index contributed by atoms with van der Waals surface area (Å²) in [6.45, 7) is 4.27. The van der Waals surface area contributed by atoms with Gasteiger partial charge in [-0.15, -0.1) is 0 Å². The Balaban J connectivity index is 2.38. The quantitative estimate of drug-likeness (QED) is 0.771. The van der Waals surface area contributed by atoms with Crippen molar-refractivity contribution in [3.05, 3.63) is 22.4 Å². The summed E-state index contributed by atoms with van der Waals surface area (Å²) in [5.41, 5.74) is 1.22. The molecule has 2 rings (SSSR count). The van der Waals surface area contributed by atoms with Crippen molar-refractivity contribution in [3.63, 3.8) is 0 Å². The van der Waals surface area contributed by atoms with E-state index in [4.69, 9.17) is 0 Å². The van der Waals surface area contributed by atoms with E-state index in [1.54, 1.807) is 0 Å². The number of H-pyrrole nitrogens is 1. The number of nitrogens with zero attached hydrogens (tertiary/aromatic N) is 1. The van der Waals surface area contributed by atoms with E-state index in [0.29, 0.717) is 12.0 Å². The maximum atomic E-state index is 11.6. The topological polar surface area (TPSA) is 37.8 Å². The lowest BCUT2D eigenvalue weighted by atomic mass is 10.1. The second-order valence-corrected chi connectivity index (χ2v) is 4.48. The van der Waals surface area contributed by atoms with E-state index in [1.807, 2.05) is 10.8 Å². The predicted octanol–water partition coefficient (Wildman–Crippen LogP) is 2.41. The van der Waals surface area contributed by atoms with E-state index in [2.05, 4.69) is 18.8 Å². The molecule has 0 amide bonds. The van der Waals surface area contributed by atoms with Crippen LogP contribution in [-0.4, -0.2) is 9.55 Å². The Morgan fingerprint density at radius 2 is 2.07 bits per heavy atom. The molecular formula is C11H18N2O. The Labute approximate surface area is 84.1 Å². The molecular weight excluding hydrogens is 176 g/mol. The van der Waals surface area contributed by atoms with Gasteiger partial charge in [0, 0.05) is 17.9 Å². The molecule has 1 saturated carbocycles. The number of aromatic amines is 1. The van der Waals surface area contributed by atoms with Crippen LogP contribution in [0.2, 0.25) is 0 Å². The minimum atomic E-state index is 0.0700. The summed E-state index contributed by atoms with van der Waals surface area (Å²) in [5, 5.41) is 0. The molecule has 0 bridgehead atoms. The molecule has 14 heavy (non-hydrogen) atoms. The molecule has 1 aromatic rings. The number of hydrogen-bond acceptors (Lipinski definition) is 1. The molecule has 1 aromatic heterocycles. The third kappa shape index (κ3) is 1.51. The molecule has 0 aromatic carbocycles. The molecule has 0 radical (unpaired) electrons. The van der Waals surface area contributed by atoms with Gasteiger partial charge in [-0.2, -0.15) is 0 Å². The summed E-state index contributed by atoms with van der Waals surface area (Å²) in [6.07, 6.45) is 6.72. The molecule has 3 nitrogen and oxygen atoms in total. The van der Waals surface area contributed by atoms with Crippen LogP contribution in [0.1, 0.15) is 57.2 Å².